The molecule has 0 saturated carbocycles. The molecule has 0 aliphatic carbocycles. The molecule has 1 aliphatic rings. The summed E-state index contributed by atoms with van der Waals surface area (Å²) in [6, 6.07) is 30.2. The maximum Gasteiger partial charge on any atom is 0.303 e. The van der Waals surface area contributed by atoms with Crippen molar-refractivity contribution in [1.29, 1.82) is 0 Å². The zero-order chi connectivity index (χ0) is 27.1. The predicted octanol–water partition coefficient (Wildman–Crippen LogP) is 7.34. The molecule has 2 N–H and O–H groups in total. The van der Waals surface area contributed by atoms with E-state index in [1.807, 2.05) is 66.7 Å². The second kappa shape index (κ2) is 12.0. The Morgan fingerprint density at radius 3 is 2.08 bits per heavy atom. The number of carboxylic acids is 1. The van der Waals surface area contributed by atoms with Crippen LogP contribution in [0.3, 0.4) is 0 Å². The lowest BCUT2D eigenvalue weighted by Gasteiger charge is -2.36. The van der Waals surface area contributed by atoms with Gasteiger partial charge in [-0.3, -0.25) is 9.59 Å². The van der Waals surface area contributed by atoms with Gasteiger partial charge in [0.1, 0.15) is 5.75 Å². The molecule has 4 aromatic carbocycles. The molecule has 4 aromatic rings. The molecular weight excluding hydrogens is 486 g/mol. The van der Waals surface area contributed by atoms with Gasteiger partial charge in [0.05, 0.1) is 0 Å². The third-order valence-electron chi connectivity index (χ3n) is 7.32. The summed E-state index contributed by atoms with van der Waals surface area (Å²) in [6.45, 7) is 0.596. The number of aliphatic carboxylic acids is 1. The first-order valence-corrected chi connectivity index (χ1v) is 13.6. The Hall–Kier alpha value is -4.38. The van der Waals surface area contributed by atoms with Crippen LogP contribution in [0.25, 0.3) is 16.8 Å². The number of carbonyl (C=O) groups is 2. The maximum atomic E-state index is 13.1. The summed E-state index contributed by atoms with van der Waals surface area (Å²) in [5.74, 6) is -0.0550. The summed E-state index contributed by atoms with van der Waals surface area (Å²) in [4.78, 5) is 23.7. The summed E-state index contributed by atoms with van der Waals surface area (Å²) in [7, 11) is 0. The molecule has 5 rings (SSSR count). The second-order valence-corrected chi connectivity index (χ2v) is 9.95. The number of benzene rings is 4. The van der Waals surface area contributed by atoms with E-state index in [2.05, 4.69) is 41.7 Å². The number of unbranched alkanes of at least 4 members (excludes halogenated alkanes) is 4. The molecule has 0 atom stereocenters. The normalized spacial score (nSPS) is 13.4. The molecule has 5 nitrogen and oxygen atoms in total. The number of nitrogens with one attached hydrogen (secondary N) is 1. The van der Waals surface area contributed by atoms with Crippen molar-refractivity contribution in [2.45, 2.75) is 44.1 Å². The fourth-order valence-corrected chi connectivity index (χ4v) is 5.31. The average Bonchev–Trinajstić information content (AvgIpc) is 2.98. The Balaban J connectivity index is 1.34. The van der Waals surface area contributed by atoms with E-state index in [4.69, 9.17) is 9.84 Å². The minimum atomic E-state index is -0.744. The van der Waals surface area contributed by atoms with Crippen LogP contribution < -0.4 is 10.1 Å². The minimum Gasteiger partial charge on any atom is -0.481 e. The van der Waals surface area contributed by atoms with Crippen molar-refractivity contribution in [1.82, 2.24) is 5.32 Å². The lowest BCUT2D eigenvalue weighted by Crippen LogP contribution is -2.34. The smallest absolute Gasteiger partial charge is 0.303 e. The first-order chi connectivity index (χ1) is 19.1. The first-order valence-electron chi connectivity index (χ1n) is 13.6. The van der Waals surface area contributed by atoms with Gasteiger partial charge in [-0.15, -0.1) is 0 Å². The van der Waals surface area contributed by atoms with Crippen LogP contribution >= 0.6 is 0 Å². The average molecular weight is 520 g/mol. The molecule has 5 heteroatoms. The molecule has 0 aromatic heterocycles. The lowest BCUT2D eigenvalue weighted by atomic mass is 9.83. The molecule has 1 aliphatic heterocycles. The monoisotopic (exact) mass is 519 g/mol. The molecule has 198 valence electrons. The van der Waals surface area contributed by atoms with Crippen LogP contribution in [-0.2, 0) is 10.4 Å². The number of ether oxygens (including phenoxy) is 1. The van der Waals surface area contributed by atoms with E-state index in [1.165, 1.54) is 0 Å². The number of hydrogen-bond acceptors (Lipinski definition) is 3. The van der Waals surface area contributed by atoms with Crippen LogP contribution in [0.2, 0.25) is 0 Å². The SMILES string of the molecule is O=C(O)CCCCCCCNC(=O)c1cccc2c3c(ccc12)OC(c1ccccc1)(c1ccccc1)C=C3. The number of hydrogen-bond donors (Lipinski definition) is 2. The van der Waals surface area contributed by atoms with Gasteiger partial charge in [-0.05, 0) is 54.0 Å². The van der Waals surface area contributed by atoms with Crippen molar-refractivity contribution in [3.63, 3.8) is 0 Å². The van der Waals surface area contributed by atoms with E-state index in [0.29, 0.717) is 18.5 Å². The van der Waals surface area contributed by atoms with Crippen molar-refractivity contribution >= 4 is 28.7 Å². The molecule has 1 amide bonds. The Bertz CT molecular complexity index is 1440. The molecule has 39 heavy (non-hydrogen) atoms. The lowest BCUT2D eigenvalue weighted by molar-refractivity contribution is -0.137. The van der Waals surface area contributed by atoms with Gasteiger partial charge in [0, 0.05) is 35.2 Å². The van der Waals surface area contributed by atoms with Crippen molar-refractivity contribution in [3.8, 4) is 5.75 Å². The number of rotatable bonds is 11. The van der Waals surface area contributed by atoms with Gasteiger partial charge in [-0.25, -0.2) is 0 Å². The van der Waals surface area contributed by atoms with Crippen LogP contribution in [0.15, 0.2) is 97.1 Å². The molecule has 0 radical (unpaired) electrons. The van der Waals surface area contributed by atoms with E-state index in [1.54, 1.807) is 0 Å². The van der Waals surface area contributed by atoms with Gasteiger partial charge in [0.2, 0.25) is 0 Å². The third-order valence-corrected chi connectivity index (χ3v) is 7.32. The van der Waals surface area contributed by atoms with Crippen molar-refractivity contribution in [2.24, 2.45) is 0 Å². The maximum absolute atomic E-state index is 13.1. The highest BCUT2D eigenvalue weighted by atomic mass is 16.5. The summed E-state index contributed by atoms with van der Waals surface area (Å²) >= 11 is 0. The first kappa shape index (κ1) is 26.2. The Morgan fingerprint density at radius 1 is 0.718 bits per heavy atom. The van der Waals surface area contributed by atoms with Crippen LogP contribution in [0.1, 0.15) is 65.6 Å². The van der Waals surface area contributed by atoms with Crippen LogP contribution in [0.4, 0.5) is 0 Å². The summed E-state index contributed by atoms with van der Waals surface area (Å²) in [5, 5.41) is 13.6. The molecule has 0 bridgehead atoms. The highest BCUT2D eigenvalue weighted by Gasteiger charge is 2.37. The summed E-state index contributed by atoms with van der Waals surface area (Å²) in [5.41, 5.74) is 2.96. The quantitative estimate of drug-likeness (QED) is 0.203. The van der Waals surface area contributed by atoms with E-state index in [0.717, 1.165) is 58.9 Å². The van der Waals surface area contributed by atoms with E-state index >= 15 is 0 Å². The molecule has 0 spiro atoms. The van der Waals surface area contributed by atoms with Crippen LogP contribution in [-0.4, -0.2) is 23.5 Å². The van der Waals surface area contributed by atoms with E-state index in [9.17, 15) is 9.59 Å². The number of amides is 1. The van der Waals surface area contributed by atoms with E-state index in [-0.39, 0.29) is 12.3 Å². The Kier molecular flexibility index (Phi) is 8.07. The van der Waals surface area contributed by atoms with Crippen molar-refractivity contribution in [3.05, 3.63) is 119 Å². The highest BCUT2D eigenvalue weighted by Crippen LogP contribution is 2.44. The summed E-state index contributed by atoms with van der Waals surface area (Å²) < 4.78 is 6.81. The topological polar surface area (TPSA) is 75.6 Å². The Morgan fingerprint density at radius 2 is 1.38 bits per heavy atom. The van der Waals surface area contributed by atoms with Gasteiger partial charge >= 0.3 is 5.97 Å². The van der Waals surface area contributed by atoms with Crippen LogP contribution in [0.5, 0.6) is 5.75 Å². The zero-order valence-electron chi connectivity index (χ0n) is 21.9. The molecular formula is C34H33NO4. The number of carbonyl (C=O) groups excluding carboxylic acids is 1. The van der Waals surface area contributed by atoms with Gasteiger partial charge in [-0.2, -0.15) is 0 Å². The van der Waals surface area contributed by atoms with Gasteiger partial charge < -0.3 is 15.2 Å². The predicted molar refractivity (Wildman–Crippen MR) is 155 cm³/mol. The molecule has 0 saturated heterocycles. The largest absolute Gasteiger partial charge is 0.481 e. The van der Waals surface area contributed by atoms with Gasteiger partial charge in [0.25, 0.3) is 5.91 Å². The molecule has 0 unspecified atom stereocenters. The zero-order valence-corrected chi connectivity index (χ0v) is 21.9. The third kappa shape index (κ3) is 5.73. The highest BCUT2D eigenvalue weighted by molar-refractivity contribution is 6.09. The number of carboxylic acid groups (broad SMARTS) is 1. The minimum absolute atomic E-state index is 0.0879. The summed E-state index contributed by atoms with van der Waals surface area (Å²) in [6.07, 6.45) is 8.88. The second-order valence-electron chi connectivity index (χ2n) is 9.95. The Labute approximate surface area is 229 Å². The van der Waals surface area contributed by atoms with Crippen molar-refractivity contribution in [2.75, 3.05) is 6.54 Å². The van der Waals surface area contributed by atoms with Gasteiger partial charge in [-0.1, -0.05) is 92.1 Å². The molecule has 0 fully saturated rings. The fraction of sp³-hybridized carbons (Fsp3) is 0.235. The standard InChI is InChI=1S/C34H33NO4/c36-32(37)19-10-2-1-3-11-24-35-33(38)30-18-12-17-27-28(30)20-21-31-29(27)22-23-34(39-31,25-13-6-4-7-14-25)26-15-8-5-9-16-26/h4-9,12-18,20-23H,1-3,10-11,19,24H2,(H,35,38)(H,36,37). The van der Waals surface area contributed by atoms with Crippen molar-refractivity contribution < 1.29 is 19.4 Å². The van der Waals surface area contributed by atoms with Gasteiger partial charge in [0.15, 0.2) is 5.60 Å². The fourth-order valence-electron chi connectivity index (χ4n) is 5.31. The van der Waals surface area contributed by atoms with E-state index < -0.39 is 11.6 Å². The van der Waals surface area contributed by atoms with Crippen LogP contribution in [0, 0.1) is 0 Å². The number of fused-ring (bicyclic) bond motifs is 3. The molecule has 1 heterocycles.